The summed E-state index contributed by atoms with van der Waals surface area (Å²) in [5, 5.41) is 2.96. The van der Waals surface area contributed by atoms with E-state index in [1.807, 2.05) is 30.3 Å². The van der Waals surface area contributed by atoms with Crippen molar-refractivity contribution in [3.05, 3.63) is 89.2 Å². The second-order valence-corrected chi connectivity index (χ2v) is 7.24. The van der Waals surface area contributed by atoms with Crippen LogP contribution in [0.2, 0.25) is 0 Å². The Morgan fingerprint density at radius 2 is 1.73 bits per heavy atom. The SMILES string of the molecule is COc1ccc(OC)c(C(=O)N[C@H](c2ccccc2)c2ccc3nc(C(F)(F)F)[nH]c3c2)c1. The summed E-state index contributed by atoms with van der Waals surface area (Å²) in [4.78, 5) is 19.2. The molecule has 1 heterocycles. The Hall–Kier alpha value is -4.01. The molecule has 1 atom stereocenters. The number of H-pyrrole nitrogens is 1. The Morgan fingerprint density at radius 1 is 0.970 bits per heavy atom. The number of hydrogen-bond acceptors (Lipinski definition) is 4. The van der Waals surface area contributed by atoms with E-state index in [1.165, 1.54) is 20.3 Å². The molecule has 9 heteroatoms. The zero-order valence-electron chi connectivity index (χ0n) is 17.7. The first-order chi connectivity index (χ1) is 15.8. The van der Waals surface area contributed by atoms with E-state index in [1.54, 1.807) is 30.3 Å². The third-order valence-electron chi connectivity index (χ3n) is 5.17. The molecule has 0 bridgehead atoms. The standard InChI is InChI=1S/C24H20F3N3O3/c1-32-16-9-11-20(33-2)17(13-16)22(31)30-21(14-6-4-3-5-7-14)15-8-10-18-19(12-15)29-23(28-18)24(25,26)27/h3-13,21H,1-2H3,(H,28,29)(H,30,31)/t21-/m1/s1. The number of hydrogen-bond donors (Lipinski definition) is 2. The first-order valence-electron chi connectivity index (χ1n) is 9.95. The number of ether oxygens (including phenoxy) is 2. The van der Waals surface area contributed by atoms with Crippen molar-refractivity contribution in [3.63, 3.8) is 0 Å². The molecule has 3 aromatic carbocycles. The second-order valence-electron chi connectivity index (χ2n) is 7.24. The van der Waals surface area contributed by atoms with E-state index in [4.69, 9.17) is 9.47 Å². The molecule has 0 radical (unpaired) electrons. The van der Waals surface area contributed by atoms with Crippen LogP contribution in [0.25, 0.3) is 11.0 Å². The molecule has 4 rings (SSSR count). The van der Waals surface area contributed by atoms with E-state index in [0.29, 0.717) is 17.1 Å². The summed E-state index contributed by atoms with van der Waals surface area (Å²) < 4.78 is 49.7. The normalized spacial score (nSPS) is 12.4. The first kappa shape index (κ1) is 22.2. The number of methoxy groups -OCH3 is 2. The van der Waals surface area contributed by atoms with Crippen molar-refractivity contribution >= 4 is 16.9 Å². The summed E-state index contributed by atoms with van der Waals surface area (Å²) in [7, 11) is 2.95. The van der Waals surface area contributed by atoms with Crippen molar-refractivity contribution in [2.24, 2.45) is 0 Å². The number of imidazole rings is 1. The van der Waals surface area contributed by atoms with Gasteiger partial charge in [0.2, 0.25) is 5.82 Å². The summed E-state index contributed by atoms with van der Waals surface area (Å²) in [6.07, 6.45) is -4.59. The first-order valence-corrected chi connectivity index (χ1v) is 9.95. The maximum Gasteiger partial charge on any atom is 0.449 e. The fourth-order valence-electron chi connectivity index (χ4n) is 3.55. The third kappa shape index (κ3) is 4.62. The maximum atomic E-state index is 13.2. The molecule has 0 aliphatic heterocycles. The fraction of sp³-hybridized carbons (Fsp3) is 0.167. The highest BCUT2D eigenvalue weighted by atomic mass is 19.4. The van der Waals surface area contributed by atoms with Crippen molar-refractivity contribution in [2.75, 3.05) is 14.2 Å². The van der Waals surface area contributed by atoms with Crippen LogP contribution in [0.5, 0.6) is 11.5 Å². The van der Waals surface area contributed by atoms with Gasteiger partial charge >= 0.3 is 6.18 Å². The average Bonchev–Trinajstić information content (AvgIpc) is 3.26. The highest BCUT2D eigenvalue weighted by Crippen LogP contribution is 2.31. The third-order valence-corrected chi connectivity index (χ3v) is 5.17. The van der Waals surface area contributed by atoms with Crippen LogP contribution in [-0.4, -0.2) is 30.1 Å². The van der Waals surface area contributed by atoms with E-state index in [-0.39, 0.29) is 16.6 Å². The number of amides is 1. The number of fused-ring (bicyclic) bond motifs is 1. The Balaban J connectivity index is 1.75. The van der Waals surface area contributed by atoms with Crippen LogP contribution in [0.1, 0.15) is 33.4 Å². The minimum absolute atomic E-state index is 0.179. The number of aromatic amines is 1. The van der Waals surface area contributed by atoms with Gasteiger partial charge in [0.05, 0.1) is 36.9 Å². The number of benzene rings is 3. The van der Waals surface area contributed by atoms with Gasteiger partial charge in [0.25, 0.3) is 5.91 Å². The van der Waals surface area contributed by atoms with Gasteiger partial charge < -0.3 is 19.8 Å². The van der Waals surface area contributed by atoms with Crippen LogP contribution in [0.15, 0.2) is 66.7 Å². The molecule has 0 aliphatic rings. The molecule has 6 nitrogen and oxygen atoms in total. The maximum absolute atomic E-state index is 13.2. The molecular weight excluding hydrogens is 435 g/mol. The summed E-state index contributed by atoms with van der Waals surface area (Å²) in [6, 6.07) is 18.0. The molecule has 0 aliphatic carbocycles. The average molecular weight is 455 g/mol. The van der Waals surface area contributed by atoms with Crippen molar-refractivity contribution in [2.45, 2.75) is 12.2 Å². The second kappa shape index (κ2) is 8.85. The fourth-order valence-corrected chi connectivity index (χ4v) is 3.55. The number of carbonyl (C=O) groups excluding carboxylic acids is 1. The number of nitrogens with one attached hydrogen (secondary N) is 2. The topological polar surface area (TPSA) is 76.2 Å². The van der Waals surface area contributed by atoms with Gasteiger partial charge in [-0.2, -0.15) is 13.2 Å². The highest BCUT2D eigenvalue weighted by molar-refractivity contribution is 5.98. The molecule has 170 valence electrons. The van der Waals surface area contributed by atoms with Crippen molar-refractivity contribution < 1.29 is 27.4 Å². The van der Waals surface area contributed by atoms with E-state index in [9.17, 15) is 18.0 Å². The van der Waals surface area contributed by atoms with Crippen LogP contribution in [0.3, 0.4) is 0 Å². The molecular formula is C24H20F3N3O3. The number of aromatic nitrogens is 2. The summed E-state index contributed by atoms with van der Waals surface area (Å²) >= 11 is 0. The molecule has 0 saturated heterocycles. The van der Waals surface area contributed by atoms with Gasteiger partial charge in [0.15, 0.2) is 0 Å². The van der Waals surface area contributed by atoms with Crippen LogP contribution in [0, 0.1) is 0 Å². The summed E-state index contributed by atoms with van der Waals surface area (Å²) in [5.74, 6) is -0.661. The van der Waals surface area contributed by atoms with Crippen LogP contribution < -0.4 is 14.8 Å². The predicted octanol–water partition coefficient (Wildman–Crippen LogP) is 5.12. The molecule has 0 fully saturated rings. The molecule has 2 N–H and O–H groups in total. The Labute approximate surface area is 187 Å². The molecule has 4 aromatic rings. The quantitative estimate of drug-likeness (QED) is 0.423. The van der Waals surface area contributed by atoms with Crippen LogP contribution >= 0.6 is 0 Å². The lowest BCUT2D eigenvalue weighted by Crippen LogP contribution is -2.29. The molecule has 1 aromatic heterocycles. The Bertz CT molecular complexity index is 1290. The van der Waals surface area contributed by atoms with E-state index >= 15 is 0 Å². The van der Waals surface area contributed by atoms with Crippen molar-refractivity contribution in [1.82, 2.24) is 15.3 Å². The highest BCUT2D eigenvalue weighted by Gasteiger charge is 2.34. The van der Waals surface area contributed by atoms with E-state index < -0.39 is 23.9 Å². The molecule has 0 spiro atoms. The van der Waals surface area contributed by atoms with Gasteiger partial charge in [-0.1, -0.05) is 36.4 Å². The van der Waals surface area contributed by atoms with Gasteiger partial charge in [-0.15, -0.1) is 0 Å². The predicted molar refractivity (Wildman–Crippen MR) is 116 cm³/mol. The van der Waals surface area contributed by atoms with Gasteiger partial charge in [-0.3, -0.25) is 4.79 Å². The van der Waals surface area contributed by atoms with E-state index in [0.717, 1.165) is 5.56 Å². The smallest absolute Gasteiger partial charge is 0.449 e. The summed E-state index contributed by atoms with van der Waals surface area (Å²) in [5.41, 5.74) is 2.00. The number of rotatable bonds is 6. The number of nitrogens with zero attached hydrogens (tertiary/aromatic N) is 1. The van der Waals surface area contributed by atoms with Gasteiger partial charge in [0, 0.05) is 0 Å². The van der Waals surface area contributed by atoms with Crippen molar-refractivity contribution in [1.29, 1.82) is 0 Å². The number of alkyl halides is 3. The molecule has 33 heavy (non-hydrogen) atoms. The Kier molecular flexibility index (Phi) is 5.95. The largest absolute Gasteiger partial charge is 0.497 e. The lowest BCUT2D eigenvalue weighted by Gasteiger charge is -2.21. The lowest BCUT2D eigenvalue weighted by atomic mass is 9.97. The molecule has 0 saturated carbocycles. The van der Waals surface area contributed by atoms with Crippen molar-refractivity contribution in [3.8, 4) is 11.5 Å². The lowest BCUT2D eigenvalue weighted by molar-refractivity contribution is -0.144. The Morgan fingerprint density at radius 3 is 2.39 bits per heavy atom. The van der Waals surface area contributed by atoms with Crippen LogP contribution in [-0.2, 0) is 6.18 Å². The van der Waals surface area contributed by atoms with Gasteiger partial charge in [0.1, 0.15) is 11.5 Å². The number of halogens is 3. The minimum Gasteiger partial charge on any atom is -0.497 e. The van der Waals surface area contributed by atoms with Gasteiger partial charge in [-0.05, 0) is 41.5 Å². The van der Waals surface area contributed by atoms with Crippen LogP contribution in [0.4, 0.5) is 13.2 Å². The zero-order valence-corrected chi connectivity index (χ0v) is 17.7. The minimum atomic E-state index is -4.59. The monoisotopic (exact) mass is 455 g/mol. The van der Waals surface area contributed by atoms with E-state index in [2.05, 4.69) is 15.3 Å². The van der Waals surface area contributed by atoms with Gasteiger partial charge in [-0.25, -0.2) is 4.98 Å². The summed E-state index contributed by atoms with van der Waals surface area (Å²) in [6.45, 7) is 0. The molecule has 1 amide bonds. The molecule has 0 unspecified atom stereocenters. The zero-order chi connectivity index (χ0) is 23.6. The number of carbonyl (C=O) groups is 1.